The SMILES string of the molecule is CCOc1ccc(NC(=O)CN(c2ccccc2F)S(=O)(=O)N(C)C)cc1. The van der Waals surface area contributed by atoms with Gasteiger partial charge in [0, 0.05) is 19.8 Å². The number of hydrogen-bond donors (Lipinski definition) is 1. The normalized spacial score (nSPS) is 11.3. The minimum atomic E-state index is -4.07. The minimum absolute atomic E-state index is 0.201. The highest BCUT2D eigenvalue weighted by Crippen LogP contribution is 2.23. The van der Waals surface area contributed by atoms with Crippen LogP contribution in [0.1, 0.15) is 6.92 Å². The Labute approximate surface area is 158 Å². The van der Waals surface area contributed by atoms with E-state index in [0.717, 1.165) is 14.7 Å². The monoisotopic (exact) mass is 395 g/mol. The summed E-state index contributed by atoms with van der Waals surface area (Å²) >= 11 is 0. The molecule has 2 aromatic rings. The number of carbonyl (C=O) groups excluding carboxylic acids is 1. The maximum atomic E-state index is 14.2. The van der Waals surface area contributed by atoms with Gasteiger partial charge in [0.2, 0.25) is 5.91 Å². The lowest BCUT2D eigenvalue weighted by Gasteiger charge is -2.27. The molecule has 0 spiro atoms. The molecule has 0 aliphatic heterocycles. The molecule has 2 aromatic carbocycles. The average Bonchev–Trinajstić information content (AvgIpc) is 2.62. The first-order valence-electron chi connectivity index (χ1n) is 8.23. The highest BCUT2D eigenvalue weighted by atomic mass is 32.2. The number of para-hydroxylation sites is 1. The van der Waals surface area contributed by atoms with Crippen LogP contribution in [0, 0.1) is 5.82 Å². The van der Waals surface area contributed by atoms with E-state index in [1.165, 1.54) is 32.3 Å². The number of nitrogens with zero attached hydrogens (tertiary/aromatic N) is 2. The van der Waals surface area contributed by atoms with Crippen LogP contribution >= 0.6 is 0 Å². The molecule has 0 aromatic heterocycles. The third-order valence-electron chi connectivity index (χ3n) is 3.60. The lowest BCUT2D eigenvalue weighted by Crippen LogP contribution is -2.44. The molecular formula is C18H22FN3O4S. The fourth-order valence-corrected chi connectivity index (χ4v) is 3.35. The predicted octanol–water partition coefficient (Wildman–Crippen LogP) is 2.48. The van der Waals surface area contributed by atoms with E-state index in [-0.39, 0.29) is 5.69 Å². The fourth-order valence-electron chi connectivity index (χ4n) is 2.27. The Hall–Kier alpha value is -2.65. The van der Waals surface area contributed by atoms with Gasteiger partial charge in [-0.3, -0.25) is 4.79 Å². The van der Waals surface area contributed by atoms with Gasteiger partial charge in [-0.05, 0) is 43.3 Å². The van der Waals surface area contributed by atoms with Gasteiger partial charge in [0.25, 0.3) is 0 Å². The lowest BCUT2D eigenvalue weighted by molar-refractivity contribution is -0.114. The number of nitrogens with one attached hydrogen (secondary N) is 1. The van der Waals surface area contributed by atoms with E-state index < -0.39 is 28.5 Å². The van der Waals surface area contributed by atoms with Crippen molar-refractivity contribution in [3.05, 3.63) is 54.3 Å². The first-order valence-corrected chi connectivity index (χ1v) is 9.62. The minimum Gasteiger partial charge on any atom is -0.494 e. The number of anilines is 2. The molecule has 0 heterocycles. The Morgan fingerprint density at radius 3 is 2.30 bits per heavy atom. The molecule has 0 saturated carbocycles. The number of hydrogen-bond acceptors (Lipinski definition) is 4. The number of rotatable bonds is 8. The molecule has 0 radical (unpaired) electrons. The summed E-state index contributed by atoms with van der Waals surface area (Å²) in [5.41, 5.74) is 0.271. The Morgan fingerprint density at radius 2 is 1.74 bits per heavy atom. The van der Waals surface area contributed by atoms with Gasteiger partial charge in [0.05, 0.1) is 12.3 Å². The summed E-state index contributed by atoms with van der Waals surface area (Å²) in [7, 11) is -1.44. The third kappa shape index (κ3) is 5.18. The number of carbonyl (C=O) groups is 1. The van der Waals surface area contributed by atoms with Gasteiger partial charge >= 0.3 is 10.2 Å². The average molecular weight is 395 g/mol. The summed E-state index contributed by atoms with van der Waals surface area (Å²) in [6.45, 7) is 1.80. The summed E-state index contributed by atoms with van der Waals surface area (Å²) in [5.74, 6) is -0.691. The van der Waals surface area contributed by atoms with Crippen LogP contribution in [0.15, 0.2) is 48.5 Å². The van der Waals surface area contributed by atoms with Crippen molar-refractivity contribution >= 4 is 27.5 Å². The molecule has 0 bridgehead atoms. The zero-order valence-corrected chi connectivity index (χ0v) is 16.2. The van der Waals surface area contributed by atoms with Crippen molar-refractivity contribution in [2.75, 3.05) is 36.9 Å². The van der Waals surface area contributed by atoms with Crippen LogP contribution in [-0.4, -0.2) is 45.9 Å². The maximum Gasteiger partial charge on any atom is 0.304 e. The predicted molar refractivity (Wildman–Crippen MR) is 103 cm³/mol. The Morgan fingerprint density at radius 1 is 1.11 bits per heavy atom. The third-order valence-corrected chi connectivity index (χ3v) is 5.40. The van der Waals surface area contributed by atoms with E-state index in [9.17, 15) is 17.6 Å². The van der Waals surface area contributed by atoms with Crippen LogP contribution in [0.4, 0.5) is 15.8 Å². The highest BCUT2D eigenvalue weighted by Gasteiger charge is 2.29. The van der Waals surface area contributed by atoms with E-state index in [0.29, 0.717) is 18.0 Å². The molecule has 0 unspecified atom stereocenters. The summed E-state index contributed by atoms with van der Waals surface area (Å²) in [4.78, 5) is 12.4. The van der Waals surface area contributed by atoms with E-state index in [4.69, 9.17) is 4.74 Å². The van der Waals surface area contributed by atoms with Crippen molar-refractivity contribution < 1.29 is 22.3 Å². The molecule has 7 nitrogen and oxygen atoms in total. The molecular weight excluding hydrogens is 373 g/mol. The number of amides is 1. The van der Waals surface area contributed by atoms with Gasteiger partial charge in [0.15, 0.2) is 0 Å². The molecule has 1 N–H and O–H groups in total. The molecule has 9 heteroatoms. The topological polar surface area (TPSA) is 79.0 Å². The zero-order valence-electron chi connectivity index (χ0n) is 15.3. The first kappa shape index (κ1) is 20.7. The van der Waals surface area contributed by atoms with Crippen LogP contribution in [0.3, 0.4) is 0 Å². The zero-order chi connectivity index (χ0) is 20.0. The Balaban J connectivity index is 2.22. The lowest BCUT2D eigenvalue weighted by atomic mass is 10.3. The van der Waals surface area contributed by atoms with E-state index in [1.54, 1.807) is 24.3 Å². The molecule has 1 amide bonds. The van der Waals surface area contributed by atoms with Gasteiger partial charge in [-0.15, -0.1) is 0 Å². The van der Waals surface area contributed by atoms with Crippen LogP contribution in [0.25, 0.3) is 0 Å². The first-order chi connectivity index (χ1) is 12.8. The summed E-state index contributed by atoms with van der Waals surface area (Å²) in [6, 6.07) is 12.0. The number of ether oxygens (including phenoxy) is 1. The van der Waals surface area contributed by atoms with E-state index in [2.05, 4.69) is 5.32 Å². The largest absolute Gasteiger partial charge is 0.494 e. The van der Waals surface area contributed by atoms with E-state index in [1.807, 2.05) is 6.92 Å². The fraction of sp³-hybridized carbons (Fsp3) is 0.278. The number of benzene rings is 2. The summed E-state index contributed by atoms with van der Waals surface area (Å²) in [5, 5.41) is 2.60. The standard InChI is InChI=1S/C18H22FN3O4S/c1-4-26-15-11-9-14(10-12-15)20-18(23)13-22(27(24,25)21(2)3)17-8-6-5-7-16(17)19/h5-12H,4,13H2,1-3H3,(H,20,23). The second kappa shape index (κ2) is 8.83. The van der Waals surface area contributed by atoms with Crippen molar-refractivity contribution in [1.29, 1.82) is 0 Å². The highest BCUT2D eigenvalue weighted by molar-refractivity contribution is 7.90. The van der Waals surface area contributed by atoms with Crippen molar-refractivity contribution in [3.8, 4) is 5.75 Å². The van der Waals surface area contributed by atoms with Crippen molar-refractivity contribution in [1.82, 2.24) is 4.31 Å². The van der Waals surface area contributed by atoms with Crippen LogP contribution in [-0.2, 0) is 15.0 Å². The molecule has 146 valence electrons. The molecule has 0 fully saturated rings. The molecule has 0 saturated heterocycles. The molecule has 0 atom stereocenters. The quantitative estimate of drug-likeness (QED) is 0.745. The van der Waals surface area contributed by atoms with Gasteiger partial charge in [-0.2, -0.15) is 12.7 Å². The van der Waals surface area contributed by atoms with Crippen LogP contribution < -0.4 is 14.4 Å². The second-order valence-corrected chi connectivity index (χ2v) is 7.82. The van der Waals surface area contributed by atoms with E-state index >= 15 is 0 Å². The molecule has 0 aliphatic rings. The van der Waals surface area contributed by atoms with Gasteiger partial charge in [0.1, 0.15) is 18.1 Å². The Kier molecular flexibility index (Phi) is 6.75. The molecule has 2 rings (SSSR count). The number of halogens is 1. The molecule has 27 heavy (non-hydrogen) atoms. The van der Waals surface area contributed by atoms with Crippen LogP contribution in [0.2, 0.25) is 0 Å². The Bertz CT molecular complexity index is 886. The maximum absolute atomic E-state index is 14.2. The van der Waals surface area contributed by atoms with Gasteiger partial charge in [-0.25, -0.2) is 8.70 Å². The molecule has 0 aliphatic carbocycles. The van der Waals surface area contributed by atoms with Gasteiger partial charge < -0.3 is 10.1 Å². The summed E-state index contributed by atoms with van der Waals surface area (Å²) in [6.07, 6.45) is 0. The van der Waals surface area contributed by atoms with Crippen LogP contribution in [0.5, 0.6) is 5.75 Å². The second-order valence-electron chi connectivity index (χ2n) is 5.75. The summed E-state index contributed by atoms with van der Waals surface area (Å²) < 4.78 is 46.3. The van der Waals surface area contributed by atoms with Crippen molar-refractivity contribution in [2.45, 2.75) is 6.92 Å². The smallest absolute Gasteiger partial charge is 0.304 e. The van der Waals surface area contributed by atoms with Crippen molar-refractivity contribution in [2.24, 2.45) is 0 Å². The van der Waals surface area contributed by atoms with Crippen molar-refractivity contribution in [3.63, 3.8) is 0 Å². The van der Waals surface area contributed by atoms with Gasteiger partial charge in [-0.1, -0.05) is 12.1 Å².